The van der Waals surface area contributed by atoms with Gasteiger partial charge in [0.2, 0.25) is 0 Å². The Bertz CT molecular complexity index is 216. The maximum absolute atomic E-state index is 3.42. The van der Waals surface area contributed by atoms with E-state index < -0.39 is 0 Å². The minimum atomic E-state index is 0.569. The van der Waals surface area contributed by atoms with Crippen molar-refractivity contribution in [3.05, 3.63) is 24.5 Å². The summed E-state index contributed by atoms with van der Waals surface area (Å²) in [5, 5.41) is 0. The highest BCUT2D eigenvalue weighted by Crippen LogP contribution is 2.05. The summed E-state index contributed by atoms with van der Waals surface area (Å²) in [4.78, 5) is 0. The average Bonchev–Trinajstić information content (AvgIpc) is 2.65. The summed E-state index contributed by atoms with van der Waals surface area (Å²) in [6.45, 7) is 4.49. The van der Waals surface area contributed by atoms with Crippen LogP contribution in [0, 0.1) is 0 Å². The second-order valence-corrected chi connectivity index (χ2v) is 3.97. The normalized spacial score (nSPS) is 12.7. The van der Waals surface area contributed by atoms with Gasteiger partial charge in [0.1, 0.15) is 0 Å². The molecule has 2 nitrogen and oxygen atoms in total. The van der Waals surface area contributed by atoms with Crippen molar-refractivity contribution in [2.24, 2.45) is 0 Å². The molecule has 1 rings (SSSR count). The lowest BCUT2D eigenvalue weighted by Crippen LogP contribution is -2.23. The molecule has 1 N–H and O–H groups in total. The lowest BCUT2D eigenvalue weighted by Gasteiger charge is -2.15. The van der Waals surface area contributed by atoms with Crippen LogP contribution in [-0.2, 0) is 0 Å². The van der Waals surface area contributed by atoms with Crippen molar-refractivity contribution in [3.63, 3.8) is 0 Å². The summed E-state index contributed by atoms with van der Waals surface area (Å²) >= 11 is 0. The number of nitrogens with one attached hydrogen (secondary N) is 1. The summed E-state index contributed by atoms with van der Waals surface area (Å²) in [6.07, 6.45) is 10.7. The zero-order valence-electron chi connectivity index (χ0n) is 9.37. The van der Waals surface area contributed by atoms with Gasteiger partial charge in [-0.15, -0.1) is 0 Å². The molecule has 0 saturated heterocycles. The molecule has 0 radical (unpaired) electrons. The molecule has 0 spiro atoms. The van der Waals surface area contributed by atoms with Gasteiger partial charge in [0, 0.05) is 18.4 Å². The standard InChI is InChI=1S/C12H22N2/c1-3-4-5-6-9-12(2)13-14-10-7-8-11-14/h7-8,10-13H,3-6,9H2,1-2H3. The van der Waals surface area contributed by atoms with Crippen molar-refractivity contribution in [1.29, 1.82) is 0 Å². The Morgan fingerprint density at radius 1 is 1.14 bits per heavy atom. The number of nitrogens with zero attached hydrogens (tertiary/aromatic N) is 1. The Balaban J connectivity index is 2.07. The fourth-order valence-corrected chi connectivity index (χ4v) is 1.62. The monoisotopic (exact) mass is 194 g/mol. The third-order valence-corrected chi connectivity index (χ3v) is 2.46. The molecule has 0 saturated carbocycles. The zero-order valence-corrected chi connectivity index (χ0v) is 9.37. The van der Waals surface area contributed by atoms with Gasteiger partial charge in [-0.2, -0.15) is 0 Å². The Morgan fingerprint density at radius 3 is 2.50 bits per heavy atom. The van der Waals surface area contributed by atoms with E-state index >= 15 is 0 Å². The van der Waals surface area contributed by atoms with E-state index in [9.17, 15) is 0 Å². The Kier molecular flexibility index (Phi) is 5.20. The fraction of sp³-hybridized carbons (Fsp3) is 0.667. The van der Waals surface area contributed by atoms with Gasteiger partial charge in [0.25, 0.3) is 0 Å². The van der Waals surface area contributed by atoms with E-state index in [0.717, 1.165) is 0 Å². The molecular weight excluding hydrogens is 172 g/mol. The highest BCUT2D eigenvalue weighted by Gasteiger charge is 1.99. The second kappa shape index (κ2) is 6.52. The SMILES string of the molecule is CCCCCCC(C)Nn1cccc1. The smallest absolute Gasteiger partial charge is 0.0396 e. The lowest BCUT2D eigenvalue weighted by atomic mass is 10.1. The van der Waals surface area contributed by atoms with Gasteiger partial charge >= 0.3 is 0 Å². The molecule has 0 bridgehead atoms. The van der Waals surface area contributed by atoms with Gasteiger partial charge in [-0.05, 0) is 25.5 Å². The van der Waals surface area contributed by atoms with Crippen LogP contribution < -0.4 is 5.43 Å². The van der Waals surface area contributed by atoms with E-state index in [2.05, 4.69) is 19.3 Å². The third-order valence-electron chi connectivity index (χ3n) is 2.46. The number of aromatic nitrogens is 1. The number of rotatable bonds is 7. The molecule has 1 atom stereocenters. The molecule has 1 aromatic rings. The molecule has 1 unspecified atom stereocenters. The molecule has 80 valence electrons. The van der Waals surface area contributed by atoms with Crippen molar-refractivity contribution in [1.82, 2.24) is 4.68 Å². The summed E-state index contributed by atoms with van der Waals surface area (Å²) < 4.78 is 2.03. The number of hydrogen-bond donors (Lipinski definition) is 1. The van der Waals surface area contributed by atoms with E-state index in [1.165, 1.54) is 32.1 Å². The molecule has 1 heterocycles. The van der Waals surface area contributed by atoms with Crippen LogP contribution in [0.1, 0.15) is 46.0 Å². The van der Waals surface area contributed by atoms with Crippen LogP contribution in [0.15, 0.2) is 24.5 Å². The predicted molar refractivity (Wildman–Crippen MR) is 62.0 cm³/mol. The first-order valence-electron chi connectivity index (χ1n) is 5.72. The molecule has 0 amide bonds. The van der Waals surface area contributed by atoms with E-state index in [1.807, 2.05) is 29.2 Å². The first-order valence-corrected chi connectivity index (χ1v) is 5.72. The van der Waals surface area contributed by atoms with Crippen LogP contribution in [0.5, 0.6) is 0 Å². The van der Waals surface area contributed by atoms with Crippen molar-refractivity contribution < 1.29 is 0 Å². The van der Waals surface area contributed by atoms with Crippen molar-refractivity contribution >= 4 is 0 Å². The van der Waals surface area contributed by atoms with Crippen molar-refractivity contribution in [2.45, 2.75) is 52.0 Å². The maximum Gasteiger partial charge on any atom is 0.0396 e. The highest BCUT2D eigenvalue weighted by molar-refractivity contribution is 4.94. The fourth-order valence-electron chi connectivity index (χ4n) is 1.62. The molecule has 0 aromatic carbocycles. The molecule has 14 heavy (non-hydrogen) atoms. The van der Waals surface area contributed by atoms with Gasteiger partial charge in [0.15, 0.2) is 0 Å². The van der Waals surface area contributed by atoms with Crippen LogP contribution in [0.3, 0.4) is 0 Å². The largest absolute Gasteiger partial charge is 0.324 e. The zero-order chi connectivity index (χ0) is 10.2. The van der Waals surface area contributed by atoms with E-state index in [-0.39, 0.29) is 0 Å². The van der Waals surface area contributed by atoms with E-state index in [1.54, 1.807) is 0 Å². The minimum Gasteiger partial charge on any atom is -0.324 e. The maximum atomic E-state index is 3.42. The van der Waals surface area contributed by atoms with Gasteiger partial charge in [-0.1, -0.05) is 32.6 Å². The highest BCUT2D eigenvalue weighted by atomic mass is 15.4. The van der Waals surface area contributed by atoms with E-state index in [4.69, 9.17) is 0 Å². The number of unbranched alkanes of at least 4 members (excludes halogenated alkanes) is 3. The molecule has 1 aromatic heterocycles. The molecule has 0 aliphatic carbocycles. The molecular formula is C12H22N2. The first-order chi connectivity index (χ1) is 6.83. The van der Waals surface area contributed by atoms with Crippen molar-refractivity contribution in [2.75, 3.05) is 5.43 Å². The first kappa shape index (κ1) is 11.2. The number of hydrogen-bond acceptors (Lipinski definition) is 1. The quantitative estimate of drug-likeness (QED) is 0.658. The Morgan fingerprint density at radius 2 is 1.86 bits per heavy atom. The van der Waals surface area contributed by atoms with Crippen molar-refractivity contribution in [3.8, 4) is 0 Å². The Hall–Kier alpha value is -0.920. The molecule has 0 aliphatic heterocycles. The third kappa shape index (κ3) is 4.35. The minimum absolute atomic E-state index is 0.569. The molecule has 2 heteroatoms. The van der Waals surface area contributed by atoms with E-state index in [0.29, 0.717) is 6.04 Å². The summed E-state index contributed by atoms with van der Waals surface area (Å²) in [6, 6.07) is 4.65. The lowest BCUT2D eigenvalue weighted by molar-refractivity contribution is 0.564. The predicted octanol–water partition coefficient (Wildman–Crippen LogP) is 3.39. The Labute approximate surface area is 87.3 Å². The summed E-state index contributed by atoms with van der Waals surface area (Å²) in [5.41, 5.74) is 3.42. The van der Waals surface area contributed by atoms with Crippen LogP contribution >= 0.6 is 0 Å². The van der Waals surface area contributed by atoms with Crippen LogP contribution in [0.2, 0.25) is 0 Å². The van der Waals surface area contributed by atoms with Gasteiger partial charge < -0.3 is 5.43 Å². The van der Waals surface area contributed by atoms with Gasteiger partial charge in [0.05, 0.1) is 0 Å². The topological polar surface area (TPSA) is 17.0 Å². The average molecular weight is 194 g/mol. The van der Waals surface area contributed by atoms with Crippen LogP contribution in [0.4, 0.5) is 0 Å². The summed E-state index contributed by atoms with van der Waals surface area (Å²) in [5.74, 6) is 0. The van der Waals surface area contributed by atoms with Crippen LogP contribution in [-0.4, -0.2) is 10.7 Å². The summed E-state index contributed by atoms with van der Waals surface area (Å²) in [7, 11) is 0. The molecule has 0 aliphatic rings. The van der Waals surface area contributed by atoms with Crippen LogP contribution in [0.25, 0.3) is 0 Å². The molecule has 0 fully saturated rings. The second-order valence-electron chi connectivity index (χ2n) is 3.97. The van der Waals surface area contributed by atoms with Gasteiger partial charge in [-0.25, -0.2) is 0 Å². The van der Waals surface area contributed by atoms with Gasteiger partial charge in [-0.3, -0.25) is 4.68 Å².